The number of ether oxygens (including phenoxy) is 2. The van der Waals surface area contributed by atoms with Gasteiger partial charge in [0.2, 0.25) is 0 Å². The maximum absolute atomic E-state index is 10.9. The summed E-state index contributed by atoms with van der Waals surface area (Å²) in [4.78, 5) is 0. The van der Waals surface area contributed by atoms with Crippen molar-refractivity contribution in [1.82, 2.24) is 0 Å². The first-order valence-electron chi connectivity index (χ1n) is 7.42. The van der Waals surface area contributed by atoms with Crippen molar-refractivity contribution < 1.29 is 14.6 Å². The minimum Gasteiger partial charge on any atom is -0.386 e. The standard InChI is InChI=1S/C15H24O3/c16-14(13-5-3-1-2-4-6-13)7-9-15(10-8-14)17-11-12-18-15/h5,16H,1-4,6-12H2. The van der Waals surface area contributed by atoms with Crippen LogP contribution in [-0.2, 0) is 9.47 Å². The molecule has 3 aliphatic rings. The van der Waals surface area contributed by atoms with Crippen molar-refractivity contribution in [3.63, 3.8) is 0 Å². The Morgan fingerprint density at radius 2 is 1.67 bits per heavy atom. The summed E-state index contributed by atoms with van der Waals surface area (Å²) >= 11 is 0. The van der Waals surface area contributed by atoms with E-state index in [-0.39, 0.29) is 5.79 Å². The molecule has 3 heteroatoms. The van der Waals surface area contributed by atoms with Gasteiger partial charge in [0.1, 0.15) is 0 Å². The SMILES string of the molecule is OC1(C2=CCCCCC2)CCC2(CC1)OCCO2. The highest BCUT2D eigenvalue weighted by Gasteiger charge is 2.46. The van der Waals surface area contributed by atoms with Gasteiger partial charge >= 0.3 is 0 Å². The van der Waals surface area contributed by atoms with Gasteiger partial charge in [-0.05, 0) is 44.1 Å². The van der Waals surface area contributed by atoms with Crippen LogP contribution >= 0.6 is 0 Å². The van der Waals surface area contributed by atoms with Crippen LogP contribution in [0.1, 0.15) is 57.8 Å². The zero-order chi connectivity index (χ0) is 12.5. The minimum atomic E-state index is -0.578. The molecule has 102 valence electrons. The maximum atomic E-state index is 10.9. The van der Waals surface area contributed by atoms with Gasteiger partial charge < -0.3 is 14.6 Å². The molecule has 1 N–H and O–H groups in total. The number of allylic oxidation sites excluding steroid dienone is 1. The zero-order valence-corrected chi connectivity index (χ0v) is 11.1. The smallest absolute Gasteiger partial charge is 0.168 e. The lowest BCUT2D eigenvalue weighted by Crippen LogP contribution is -2.44. The van der Waals surface area contributed by atoms with Gasteiger partial charge in [0.15, 0.2) is 5.79 Å². The van der Waals surface area contributed by atoms with E-state index in [2.05, 4.69) is 6.08 Å². The van der Waals surface area contributed by atoms with E-state index in [1.165, 1.54) is 24.8 Å². The van der Waals surface area contributed by atoms with Gasteiger partial charge in [-0.25, -0.2) is 0 Å². The molecule has 3 rings (SSSR count). The van der Waals surface area contributed by atoms with Gasteiger partial charge in [-0.2, -0.15) is 0 Å². The van der Waals surface area contributed by atoms with E-state index in [1.807, 2.05) is 0 Å². The third-order valence-electron chi connectivity index (χ3n) is 4.79. The van der Waals surface area contributed by atoms with Crippen LogP contribution in [0.4, 0.5) is 0 Å². The molecule has 0 bridgehead atoms. The highest BCUT2D eigenvalue weighted by Crippen LogP contribution is 2.44. The molecular formula is C15H24O3. The highest BCUT2D eigenvalue weighted by molar-refractivity contribution is 5.19. The molecule has 18 heavy (non-hydrogen) atoms. The predicted molar refractivity (Wildman–Crippen MR) is 69.2 cm³/mol. The summed E-state index contributed by atoms with van der Waals surface area (Å²) in [5, 5.41) is 10.9. The van der Waals surface area contributed by atoms with Gasteiger partial charge in [-0.3, -0.25) is 0 Å². The zero-order valence-electron chi connectivity index (χ0n) is 11.1. The number of hydrogen-bond donors (Lipinski definition) is 1. The Balaban J connectivity index is 1.67. The molecule has 0 aromatic carbocycles. The van der Waals surface area contributed by atoms with E-state index in [1.54, 1.807) is 0 Å². The van der Waals surface area contributed by atoms with E-state index >= 15 is 0 Å². The van der Waals surface area contributed by atoms with Crippen molar-refractivity contribution in [3.8, 4) is 0 Å². The molecule has 1 spiro atoms. The number of rotatable bonds is 1. The summed E-state index contributed by atoms with van der Waals surface area (Å²) in [5.41, 5.74) is 0.707. The fourth-order valence-corrected chi connectivity index (χ4v) is 3.59. The third-order valence-corrected chi connectivity index (χ3v) is 4.79. The van der Waals surface area contributed by atoms with Crippen molar-refractivity contribution in [2.75, 3.05) is 13.2 Å². The number of aliphatic hydroxyl groups is 1. The largest absolute Gasteiger partial charge is 0.386 e. The lowest BCUT2D eigenvalue weighted by Gasteiger charge is -2.42. The van der Waals surface area contributed by atoms with E-state index in [9.17, 15) is 5.11 Å². The van der Waals surface area contributed by atoms with Crippen LogP contribution in [0.2, 0.25) is 0 Å². The molecule has 0 unspecified atom stereocenters. The lowest BCUT2D eigenvalue weighted by atomic mass is 9.75. The van der Waals surface area contributed by atoms with E-state index in [4.69, 9.17) is 9.47 Å². The Morgan fingerprint density at radius 1 is 0.944 bits per heavy atom. The molecule has 0 aromatic heterocycles. The molecule has 0 atom stereocenters. The highest BCUT2D eigenvalue weighted by atomic mass is 16.7. The van der Waals surface area contributed by atoms with E-state index in [0.717, 1.165) is 38.5 Å². The van der Waals surface area contributed by atoms with Crippen LogP contribution in [0.25, 0.3) is 0 Å². The topological polar surface area (TPSA) is 38.7 Å². The molecule has 0 aromatic rings. The van der Waals surface area contributed by atoms with Crippen molar-refractivity contribution in [1.29, 1.82) is 0 Å². The second-order valence-electron chi connectivity index (χ2n) is 5.97. The predicted octanol–water partition coefficient (Wildman–Crippen LogP) is 2.93. The second kappa shape index (κ2) is 4.95. The first kappa shape index (κ1) is 12.6. The van der Waals surface area contributed by atoms with Gasteiger partial charge in [0.05, 0.1) is 18.8 Å². The first-order valence-corrected chi connectivity index (χ1v) is 7.42. The molecule has 0 radical (unpaired) electrons. The Hall–Kier alpha value is -0.380. The van der Waals surface area contributed by atoms with E-state index < -0.39 is 5.60 Å². The van der Waals surface area contributed by atoms with Crippen LogP contribution in [-0.4, -0.2) is 29.7 Å². The van der Waals surface area contributed by atoms with Crippen molar-refractivity contribution >= 4 is 0 Å². The van der Waals surface area contributed by atoms with Gasteiger partial charge in [0, 0.05) is 12.8 Å². The Morgan fingerprint density at radius 3 is 2.39 bits per heavy atom. The van der Waals surface area contributed by atoms with Crippen molar-refractivity contribution in [2.24, 2.45) is 0 Å². The quantitative estimate of drug-likeness (QED) is 0.729. The lowest BCUT2D eigenvalue weighted by molar-refractivity contribution is -0.197. The fourth-order valence-electron chi connectivity index (χ4n) is 3.59. The third kappa shape index (κ3) is 2.36. The Bertz CT molecular complexity index is 319. The van der Waals surface area contributed by atoms with Crippen LogP contribution < -0.4 is 0 Å². The summed E-state index contributed by atoms with van der Waals surface area (Å²) in [5.74, 6) is -0.364. The van der Waals surface area contributed by atoms with Crippen molar-refractivity contribution in [2.45, 2.75) is 69.2 Å². The number of hydrogen-bond acceptors (Lipinski definition) is 3. The molecule has 3 nitrogen and oxygen atoms in total. The average Bonchev–Trinajstić information content (AvgIpc) is 2.66. The monoisotopic (exact) mass is 252 g/mol. The van der Waals surface area contributed by atoms with Crippen LogP contribution in [0.3, 0.4) is 0 Å². The van der Waals surface area contributed by atoms with E-state index in [0.29, 0.717) is 13.2 Å². The molecule has 1 aliphatic heterocycles. The van der Waals surface area contributed by atoms with Crippen LogP contribution in [0, 0.1) is 0 Å². The summed E-state index contributed by atoms with van der Waals surface area (Å²) < 4.78 is 11.5. The first-order chi connectivity index (χ1) is 8.73. The molecule has 2 fully saturated rings. The molecule has 0 amide bonds. The summed E-state index contributed by atoms with van der Waals surface area (Å²) in [6.45, 7) is 1.42. The minimum absolute atomic E-state index is 0.364. The summed E-state index contributed by atoms with van der Waals surface area (Å²) in [6.07, 6.45) is 11.6. The molecule has 1 heterocycles. The molecule has 1 saturated carbocycles. The Kier molecular flexibility index (Phi) is 3.48. The van der Waals surface area contributed by atoms with Gasteiger partial charge in [-0.1, -0.05) is 12.5 Å². The van der Waals surface area contributed by atoms with Crippen LogP contribution in [0.5, 0.6) is 0 Å². The van der Waals surface area contributed by atoms with Crippen molar-refractivity contribution in [3.05, 3.63) is 11.6 Å². The maximum Gasteiger partial charge on any atom is 0.168 e. The summed E-state index contributed by atoms with van der Waals surface area (Å²) in [7, 11) is 0. The molecular weight excluding hydrogens is 228 g/mol. The molecule has 1 saturated heterocycles. The van der Waals surface area contributed by atoms with Gasteiger partial charge in [-0.15, -0.1) is 0 Å². The average molecular weight is 252 g/mol. The van der Waals surface area contributed by atoms with Gasteiger partial charge in [0.25, 0.3) is 0 Å². The Labute approximate surface area is 109 Å². The molecule has 2 aliphatic carbocycles. The second-order valence-corrected chi connectivity index (χ2v) is 5.97. The van der Waals surface area contributed by atoms with Crippen LogP contribution in [0.15, 0.2) is 11.6 Å². The normalized spacial score (nSPS) is 31.1. The summed E-state index contributed by atoms with van der Waals surface area (Å²) in [6, 6.07) is 0. The fraction of sp³-hybridized carbons (Fsp3) is 0.867.